The molecule has 0 amide bonds. The smallest absolute Gasteiger partial charge is 0.0473 e. The summed E-state index contributed by atoms with van der Waals surface area (Å²) in [6, 6.07) is 17.0. The van der Waals surface area contributed by atoms with E-state index in [0.717, 1.165) is 6.54 Å². The molecule has 1 atom stereocenters. The Morgan fingerprint density at radius 2 is 1.68 bits per heavy atom. The molecule has 19 heavy (non-hydrogen) atoms. The van der Waals surface area contributed by atoms with Crippen LogP contribution in [0.25, 0.3) is 0 Å². The lowest BCUT2D eigenvalue weighted by atomic mass is 10.1. The van der Waals surface area contributed by atoms with Gasteiger partial charge in [0.2, 0.25) is 0 Å². The van der Waals surface area contributed by atoms with Crippen molar-refractivity contribution in [1.29, 1.82) is 0 Å². The molecule has 2 N–H and O–H groups in total. The summed E-state index contributed by atoms with van der Waals surface area (Å²) in [5.74, 6) is 0. The molecule has 2 heteroatoms. The fourth-order valence-electron chi connectivity index (χ4n) is 2.18. The molecule has 0 saturated carbocycles. The molecule has 2 rings (SSSR count). The number of likely N-dealkylation sites (N-methyl/N-ethyl adjacent to an activating group) is 1. The molecular formula is C17H22N2. The van der Waals surface area contributed by atoms with E-state index < -0.39 is 0 Å². The van der Waals surface area contributed by atoms with Gasteiger partial charge in [0.05, 0.1) is 0 Å². The van der Waals surface area contributed by atoms with E-state index >= 15 is 0 Å². The molecule has 0 radical (unpaired) electrons. The van der Waals surface area contributed by atoms with E-state index in [2.05, 4.69) is 74.3 Å². The van der Waals surface area contributed by atoms with Gasteiger partial charge in [0.1, 0.15) is 0 Å². The maximum Gasteiger partial charge on any atom is 0.0473 e. The van der Waals surface area contributed by atoms with Crippen LogP contribution in [0.4, 0.5) is 5.69 Å². The molecule has 0 bridgehead atoms. The molecule has 1 unspecified atom stereocenters. The lowest BCUT2D eigenvalue weighted by Gasteiger charge is -2.24. The molecule has 0 fully saturated rings. The molecule has 0 spiro atoms. The van der Waals surface area contributed by atoms with Crippen LogP contribution in [0.15, 0.2) is 48.5 Å². The van der Waals surface area contributed by atoms with Crippen molar-refractivity contribution >= 4 is 5.69 Å². The van der Waals surface area contributed by atoms with Crippen LogP contribution in [0.3, 0.4) is 0 Å². The van der Waals surface area contributed by atoms with Crippen LogP contribution in [0.1, 0.15) is 22.7 Å². The number of hydrogen-bond acceptors (Lipinski definition) is 2. The highest BCUT2D eigenvalue weighted by atomic mass is 15.1. The van der Waals surface area contributed by atoms with Crippen molar-refractivity contribution < 1.29 is 0 Å². The van der Waals surface area contributed by atoms with E-state index in [0.29, 0.717) is 0 Å². The van der Waals surface area contributed by atoms with E-state index in [-0.39, 0.29) is 6.04 Å². The zero-order valence-electron chi connectivity index (χ0n) is 11.9. The number of nitrogens with two attached hydrogens (primary N) is 1. The fourth-order valence-corrected chi connectivity index (χ4v) is 2.18. The zero-order chi connectivity index (χ0) is 13.8. The molecule has 2 nitrogen and oxygen atoms in total. The molecule has 100 valence electrons. The topological polar surface area (TPSA) is 29.3 Å². The molecule has 0 heterocycles. The first-order valence-electron chi connectivity index (χ1n) is 6.66. The van der Waals surface area contributed by atoms with Gasteiger partial charge in [-0.15, -0.1) is 0 Å². The molecule has 0 aromatic heterocycles. The Morgan fingerprint density at radius 1 is 1.00 bits per heavy atom. The van der Waals surface area contributed by atoms with Crippen LogP contribution in [-0.4, -0.2) is 13.6 Å². The summed E-state index contributed by atoms with van der Waals surface area (Å²) in [5.41, 5.74) is 11.2. The minimum absolute atomic E-state index is 0.0334. The summed E-state index contributed by atoms with van der Waals surface area (Å²) in [6.07, 6.45) is 0. The highest BCUT2D eigenvalue weighted by molar-refractivity contribution is 5.48. The summed E-state index contributed by atoms with van der Waals surface area (Å²) in [6.45, 7) is 5.01. The third-order valence-electron chi connectivity index (χ3n) is 3.42. The second-order valence-corrected chi connectivity index (χ2v) is 5.24. The van der Waals surface area contributed by atoms with E-state index in [4.69, 9.17) is 5.73 Å². The number of rotatable bonds is 4. The van der Waals surface area contributed by atoms with Crippen molar-refractivity contribution in [2.24, 2.45) is 5.73 Å². The minimum Gasteiger partial charge on any atom is -0.373 e. The predicted molar refractivity (Wildman–Crippen MR) is 82.6 cm³/mol. The van der Waals surface area contributed by atoms with Gasteiger partial charge in [-0.1, -0.05) is 42.0 Å². The van der Waals surface area contributed by atoms with Gasteiger partial charge in [-0.25, -0.2) is 0 Å². The molecule has 0 aliphatic rings. The lowest BCUT2D eigenvalue weighted by Crippen LogP contribution is -2.28. The van der Waals surface area contributed by atoms with Crippen molar-refractivity contribution in [3.63, 3.8) is 0 Å². The van der Waals surface area contributed by atoms with Crippen molar-refractivity contribution in [1.82, 2.24) is 0 Å². The Hall–Kier alpha value is -1.80. The summed E-state index contributed by atoms with van der Waals surface area (Å²) in [7, 11) is 2.09. The maximum atomic E-state index is 6.28. The Labute approximate surface area is 115 Å². The maximum absolute atomic E-state index is 6.28. The van der Waals surface area contributed by atoms with Gasteiger partial charge in [0, 0.05) is 25.3 Å². The van der Waals surface area contributed by atoms with Crippen LogP contribution in [-0.2, 0) is 0 Å². The molecular weight excluding hydrogens is 232 g/mol. The molecule has 2 aromatic rings. The van der Waals surface area contributed by atoms with E-state index in [1.54, 1.807) is 0 Å². The highest BCUT2D eigenvalue weighted by Crippen LogP contribution is 2.18. The predicted octanol–water partition coefficient (Wildman–Crippen LogP) is 3.44. The Balaban J connectivity index is 2.06. The van der Waals surface area contributed by atoms with Gasteiger partial charge in [-0.3, -0.25) is 0 Å². The number of aryl methyl sites for hydroxylation is 2. The highest BCUT2D eigenvalue weighted by Gasteiger charge is 2.09. The first-order valence-corrected chi connectivity index (χ1v) is 6.66. The number of benzene rings is 2. The van der Waals surface area contributed by atoms with Crippen LogP contribution in [0.5, 0.6) is 0 Å². The zero-order valence-corrected chi connectivity index (χ0v) is 11.9. The van der Waals surface area contributed by atoms with E-state index in [1.807, 2.05) is 0 Å². The summed E-state index contributed by atoms with van der Waals surface area (Å²) in [4.78, 5) is 2.21. The lowest BCUT2D eigenvalue weighted by molar-refractivity contribution is 0.703. The second-order valence-electron chi connectivity index (χ2n) is 5.24. The first kappa shape index (κ1) is 13.6. The van der Waals surface area contributed by atoms with Crippen molar-refractivity contribution in [3.8, 4) is 0 Å². The third-order valence-corrected chi connectivity index (χ3v) is 3.42. The van der Waals surface area contributed by atoms with Crippen molar-refractivity contribution in [3.05, 3.63) is 65.2 Å². The Bertz CT molecular complexity index is 531. The Morgan fingerprint density at radius 3 is 2.32 bits per heavy atom. The van der Waals surface area contributed by atoms with Crippen molar-refractivity contribution in [2.45, 2.75) is 19.9 Å². The van der Waals surface area contributed by atoms with Gasteiger partial charge in [0.25, 0.3) is 0 Å². The molecule has 0 aliphatic carbocycles. The van der Waals surface area contributed by atoms with Gasteiger partial charge in [0.15, 0.2) is 0 Å². The SMILES string of the molecule is Cc1ccc(C(N)CN(C)c2cccc(C)c2)cc1. The largest absolute Gasteiger partial charge is 0.373 e. The number of nitrogens with zero attached hydrogens (tertiary/aromatic N) is 1. The van der Waals surface area contributed by atoms with Gasteiger partial charge in [-0.05, 0) is 37.1 Å². The minimum atomic E-state index is 0.0334. The van der Waals surface area contributed by atoms with Gasteiger partial charge < -0.3 is 10.6 Å². The Kier molecular flexibility index (Phi) is 4.23. The van der Waals surface area contributed by atoms with E-state index in [1.165, 1.54) is 22.4 Å². The first-order chi connectivity index (χ1) is 9.06. The second kappa shape index (κ2) is 5.89. The summed E-state index contributed by atoms with van der Waals surface area (Å²) in [5, 5.41) is 0. The monoisotopic (exact) mass is 254 g/mol. The van der Waals surface area contributed by atoms with E-state index in [9.17, 15) is 0 Å². The molecule has 2 aromatic carbocycles. The fraction of sp³-hybridized carbons (Fsp3) is 0.294. The van der Waals surface area contributed by atoms with Crippen molar-refractivity contribution in [2.75, 3.05) is 18.5 Å². The third kappa shape index (κ3) is 3.58. The van der Waals surface area contributed by atoms with Gasteiger partial charge >= 0.3 is 0 Å². The summed E-state index contributed by atoms with van der Waals surface area (Å²) >= 11 is 0. The van der Waals surface area contributed by atoms with Crippen LogP contribution in [0.2, 0.25) is 0 Å². The number of anilines is 1. The van der Waals surface area contributed by atoms with Gasteiger partial charge in [-0.2, -0.15) is 0 Å². The summed E-state index contributed by atoms with van der Waals surface area (Å²) < 4.78 is 0. The average Bonchev–Trinajstić information content (AvgIpc) is 2.39. The average molecular weight is 254 g/mol. The normalized spacial score (nSPS) is 12.2. The van der Waals surface area contributed by atoms with Crippen LogP contribution >= 0.6 is 0 Å². The quantitative estimate of drug-likeness (QED) is 0.905. The molecule has 0 saturated heterocycles. The molecule has 0 aliphatic heterocycles. The standard InChI is InChI=1S/C17H22N2/c1-13-7-9-15(10-8-13)17(18)12-19(3)16-6-4-5-14(2)11-16/h4-11,17H,12,18H2,1-3H3. The van der Waals surface area contributed by atoms with Crippen LogP contribution in [0, 0.1) is 13.8 Å². The van der Waals surface area contributed by atoms with Crippen LogP contribution < -0.4 is 10.6 Å². The number of hydrogen-bond donors (Lipinski definition) is 1.